The monoisotopic (exact) mass is 207 g/mol. The molecule has 0 saturated carbocycles. The molecule has 0 atom stereocenters. The number of rotatable bonds is 3. The molecule has 0 saturated heterocycles. The van der Waals surface area contributed by atoms with E-state index in [4.69, 9.17) is 10.5 Å². The van der Waals surface area contributed by atoms with E-state index in [1.807, 2.05) is 17.5 Å². The Morgan fingerprint density at radius 1 is 1.29 bits per heavy atom. The number of aromatic nitrogens is 2. The third-order valence-corrected chi connectivity index (χ3v) is 2.45. The minimum Gasteiger partial charge on any atom is -0.471 e. The summed E-state index contributed by atoms with van der Waals surface area (Å²) < 4.78 is 5.39. The largest absolute Gasteiger partial charge is 0.471 e. The first-order valence-electron chi connectivity index (χ1n) is 4.09. The van der Waals surface area contributed by atoms with Gasteiger partial charge in [-0.1, -0.05) is 6.07 Å². The lowest BCUT2D eigenvalue weighted by atomic mass is 10.5. The number of nitrogens with zero attached hydrogens (tertiary/aromatic N) is 2. The fourth-order valence-corrected chi connectivity index (χ4v) is 1.56. The smallest absolute Gasteiger partial charge is 0.233 e. The van der Waals surface area contributed by atoms with Gasteiger partial charge in [0.05, 0.1) is 0 Å². The summed E-state index contributed by atoms with van der Waals surface area (Å²) in [6.07, 6.45) is 0. The summed E-state index contributed by atoms with van der Waals surface area (Å²) in [6.45, 7) is 0.524. The minimum absolute atomic E-state index is 0.397. The van der Waals surface area contributed by atoms with Crippen molar-refractivity contribution in [1.29, 1.82) is 0 Å². The maximum Gasteiger partial charge on any atom is 0.233 e. The first-order valence-corrected chi connectivity index (χ1v) is 4.97. The van der Waals surface area contributed by atoms with E-state index >= 15 is 0 Å². The summed E-state index contributed by atoms with van der Waals surface area (Å²) >= 11 is 1.65. The molecule has 0 spiro atoms. The fraction of sp³-hybridized carbons (Fsp3) is 0.111. The van der Waals surface area contributed by atoms with Crippen molar-refractivity contribution >= 4 is 17.2 Å². The van der Waals surface area contributed by atoms with E-state index in [0.29, 0.717) is 18.3 Å². The number of ether oxygens (including phenoxy) is 1. The molecule has 0 fully saturated rings. The summed E-state index contributed by atoms with van der Waals surface area (Å²) in [5.74, 6) is 0.890. The molecule has 0 aliphatic heterocycles. The van der Waals surface area contributed by atoms with E-state index in [9.17, 15) is 0 Å². The number of hydrogen-bond acceptors (Lipinski definition) is 5. The van der Waals surface area contributed by atoms with Gasteiger partial charge in [-0.05, 0) is 17.5 Å². The first-order chi connectivity index (χ1) is 6.84. The van der Waals surface area contributed by atoms with Crippen molar-refractivity contribution in [1.82, 2.24) is 10.2 Å². The Morgan fingerprint density at radius 3 is 2.86 bits per heavy atom. The van der Waals surface area contributed by atoms with Crippen molar-refractivity contribution in [3.63, 3.8) is 0 Å². The van der Waals surface area contributed by atoms with Crippen molar-refractivity contribution in [3.05, 3.63) is 34.5 Å². The second-order valence-corrected chi connectivity index (χ2v) is 3.70. The van der Waals surface area contributed by atoms with Gasteiger partial charge in [-0.25, -0.2) is 0 Å². The van der Waals surface area contributed by atoms with Crippen molar-refractivity contribution in [2.24, 2.45) is 0 Å². The van der Waals surface area contributed by atoms with E-state index < -0.39 is 0 Å². The Bertz CT molecular complexity index is 385. The van der Waals surface area contributed by atoms with Crippen LogP contribution in [-0.4, -0.2) is 10.2 Å². The Balaban J connectivity index is 1.95. The van der Waals surface area contributed by atoms with Gasteiger partial charge < -0.3 is 10.5 Å². The van der Waals surface area contributed by atoms with Crippen molar-refractivity contribution < 1.29 is 4.74 Å². The molecule has 2 rings (SSSR count). The van der Waals surface area contributed by atoms with Crippen LogP contribution in [-0.2, 0) is 6.61 Å². The lowest BCUT2D eigenvalue weighted by Gasteiger charge is -2.01. The maximum atomic E-state index is 5.39. The highest BCUT2D eigenvalue weighted by atomic mass is 32.1. The van der Waals surface area contributed by atoms with E-state index in [2.05, 4.69) is 10.2 Å². The molecule has 0 aliphatic rings. The molecule has 14 heavy (non-hydrogen) atoms. The zero-order chi connectivity index (χ0) is 9.80. The molecular formula is C9H9N3OS. The summed E-state index contributed by atoms with van der Waals surface area (Å²) in [5, 5.41) is 9.48. The Hall–Kier alpha value is -1.62. The topological polar surface area (TPSA) is 61.0 Å². The highest BCUT2D eigenvalue weighted by Crippen LogP contribution is 2.12. The molecule has 2 heterocycles. The standard InChI is InChI=1S/C9H9N3OS/c10-8-3-4-9(12-11-8)13-6-7-2-1-5-14-7/h1-5H,6H2,(H2,10,11). The van der Waals surface area contributed by atoms with Gasteiger partial charge in [0.15, 0.2) is 0 Å². The third-order valence-electron chi connectivity index (χ3n) is 1.60. The second-order valence-electron chi connectivity index (χ2n) is 2.66. The molecule has 0 aliphatic carbocycles. The van der Waals surface area contributed by atoms with E-state index in [-0.39, 0.29) is 0 Å². The predicted molar refractivity (Wildman–Crippen MR) is 55.1 cm³/mol. The van der Waals surface area contributed by atoms with Gasteiger partial charge in [-0.3, -0.25) is 0 Å². The highest BCUT2D eigenvalue weighted by molar-refractivity contribution is 7.09. The van der Waals surface area contributed by atoms with Gasteiger partial charge in [-0.2, -0.15) is 0 Å². The Kier molecular flexibility index (Phi) is 2.60. The van der Waals surface area contributed by atoms with Crippen LogP contribution in [0.25, 0.3) is 0 Å². The summed E-state index contributed by atoms with van der Waals surface area (Å²) in [7, 11) is 0. The molecule has 5 heteroatoms. The van der Waals surface area contributed by atoms with E-state index in [0.717, 1.165) is 4.88 Å². The number of anilines is 1. The van der Waals surface area contributed by atoms with Gasteiger partial charge in [-0.15, -0.1) is 21.5 Å². The van der Waals surface area contributed by atoms with Crippen molar-refractivity contribution in [2.45, 2.75) is 6.61 Å². The van der Waals surface area contributed by atoms with Crippen LogP contribution >= 0.6 is 11.3 Å². The Labute approximate surface area is 85.4 Å². The van der Waals surface area contributed by atoms with Gasteiger partial charge in [0.25, 0.3) is 0 Å². The molecule has 4 nitrogen and oxygen atoms in total. The molecule has 0 unspecified atom stereocenters. The van der Waals surface area contributed by atoms with Gasteiger partial charge in [0, 0.05) is 10.9 Å². The normalized spacial score (nSPS) is 10.0. The highest BCUT2D eigenvalue weighted by Gasteiger charge is 1.97. The molecule has 0 amide bonds. The first kappa shape index (κ1) is 8.96. The lowest BCUT2D eigenvalue weighted by molar-refractivity contribution is 0.294. The number of thiophene rings is 1. The molecule has 72 valence electrons. The van der Waals surface area contributed by atoms with Gasteiger partial charge >= 0.3 is 0 Å². The molecule has 0 aromatic carbocycles. The molecule has 2 aromatic rings. The summed E-state index contributed by atoms with van der Waals surface area (Å²) in [5.41, 5.74) is 5.39. The molecule has 0 bridgehead atoms. The zero-order valence-electron chi connectivity index (χ0n) is 7.38. The average molecular weight is 207 g/mol. The number of nitrogen functional groups attached to an aromatic ring is 1. The number of hydrogen-bond donors (Lipinski definition) is 1. The van der Waals surface area contributed by atoms with Crippen LogP contribution in [0.5, 0.6) is 5.88 Å². The molecule has 2 aromatic heterocycles. The zero-order valence-corrected chi connectivity index (χ0v) is 8.20. The van der Waals surface area contributed by atoms with Crippen LogP contribution in [0.2, 0.25) is 0 Å². The molecular weight excluding hydrogens is 198 g/mol. The lowest BCUT2D eigenvalue weighted by Crippen LogP contribution is -1.98. The quantitative estimate of drug-likeness (QED) is 0.832. The molecule has 0 radical (unpaired) electrons. The van der Waals surface area contributed by atoms with E-state index in [1.165, 1.54) is 0 Å². The van der Waals surface area contributed by atoms with Crippen LogP contribution in [0.4, 0.5) is 5.82 Å². The molecule has 2 N–H and O–H groups in total. The van der Waals surface area contributed by atoms with Crippen LogP contribution in [0.1, 0.15) is 4.88 Å². The maximum absolute atomic E-state index is 5.39. The van der Waals surface area contributed by atoms with Crippen molar-refractivity contribution in [2.75, 3.05) is 5.73 Å². The summed E-state index contributed by atoms with van der Waals surface area (Å²) in [4.78, 5) is 1.16. The number of nitrogens with two attached hydrogens (primary N) is 1. The van der Waals surface area contributed by atoms with Crippen LogP contribution in [0, 0.1) is 0 Å². The fourth-order valence-electron chi connectivity index (χ4n) is 0.947. The van der Waals surface area contributed by atoms with Crippen molar-refractivity contribution in [3.8, 4) is 5.88 Å². The van der Waals surface area contributed by atoms with Crippen LogP contribution in [0.15, 0.2) is 29.6 Å². The second kappa shape index (κ2) is 4.06. The van der Waals surface area contributed by atoms with Crippen LogP contribution < -0.4 is 10.5 Å². The van der Waals surface area contributed by atoms with E-state index in [1.54, 1.807) is 23.5 Å². The summed E-state index contributed by atoms with van der Waals surface area (Å²) in [6, 6.07) is 7.36. The minimum atomic E-state index is 0.397. The Morgan fingerprint density at radius 2 is 2.21 bits per heavy atom. The van der Waals surface area contributed by atoms with Gasteiger partial charge in [0.2, 0.25) is 5.88 Å². The third kappa shape index (κ3) is 2.20. The predicted octanol–water partition coefficient (Wildman–Crippen LogP) is 1.70. The van der Waals surface area contributed by atoms with Gasteiger partial charge in [0.1, 0.15) is 12.4 Å². The van der Waals surface area contributed by atoms with Crippen LogP contribution in [0.3, 0.4) is 0 Å². The average Bonchev–Trinajstić information content (AvgIpc) is 2.70. The SMILES string of the molecule is Nc1ccc(OCc2cccs2)nn1.